The highest BCUT2D eigenvalue weighted by Crippen LogP contribution is 2.47. The van der Waals surface area contributed by atoms with E-state index in [0.29, 0.717) is 5.75 Å². The molecular formula is C23H20Cl3F4NO3. The predicted octanol–water partition coefficient (Wildman–Crippen LogP) is 7.88. The molecule has 0 spiro atoms. The van der Waals surface area contributed by atoms with E-state index in [0.717, 1.165) is 6.07 Å². The van der Waals surface area contributed by atoms with Crippen LogP contribution in [0, 0.1) is 22.6 Å². The molecule has 0 aliphatic heterocycles. The van der Waals surface area contributed by atoms with Gasteiger partial charge in [-0.2, -0.15) is 18.4 Å². The third-order valence-corrected chi connectivity index (χ3v) is 6.38. The van der Waals surface area contributed by atoms with Crippen molar-refractivity contribution >= 4 is 40.8 Å². The Morgan fingerprint density at radius 2 is 1.74 bits per heavy atom. The standard InChI is InChI=1S/C23H20Cl3F4NO3/c1-21(2,19(24)11-22(25,26)23(28,29)30)12-20(32)34-18(13-31)14-8-9-16(27)17(10-14)33-15-6-4-3-5-7-15/h3-10,18-19H,11-12H2,1-2H3. The van der Waals surface area contributed by atoms with Crippen molar-refractivity contribution < 1.29 is 31.8 Å². The molecule has 0 aromatic heterocycles. The van der Waals surface area contributed by atoms with Crippen LogP contribution in [0.4, 0.5) is 17.6 Å². The van der Waals surface area contributed by atoms with E-state index in [1.54, 1.807) is 36.4 Å². The second-order valence-corrected chi connectivity index (χ2v) is 10.2. The number of nitriles is 1. The van der Waals surface area contributed by atoms with Crippen LogP contribution in [0.25, 0.3) is 0 Å². The molecule has 0 N–H and O–H groups in total. The molecule has 0 saturated carbocycles. The van der Waals surface area contributed by atoms with Gasteiger partial charge in [0.15, 0.2) is 11.6 Å². The lowest BCUT2D eigenvalue weighted by molar-refractivity contribution is -0.150. The normalized spacial score (nSPS) is 14.1. The van der Waals surface area contributed by atoms with Crippen molar-refractivity contribution in [1.82, 2.24) is 0 Å². The number of nitrogens with zero attached hydrogens (tertiary/aromatic N) is 1. The molecule has 0 fully saturated rings. The SMILES string of the molecule is CC(C)(CC(=O)OC(C#N)c1ccc(F)c(Oc2ccccc2)c1)C(Cl)CC(Cl)(Cl)C(F)(F)F. The van der Waals surface area contributed by atoms with Gasteiger partial charge in [0.2, 0.25) is 10.4 Å². The first-order valence-electron chi connectivity index (χ1n) is 9.86. The van der Waals surface area contributed by atoms with Gasteiger partial charge in [0.1, 0.15) is 11.8 Å². The quantitative estimate of drug-likeness (QED) is 0.184. The smallest absolute Gasteiger partial charge is 0.421 e. The van der Waals surface area contributed by atoms with E-state index in [9.17, 15) is 27.6 Å². The van der Waals surface area contributed by atoms with Gasteiger partial charge in [-0.25, -0.2) is 4.39 Å². The fourth-order valence-electron chi connectivity index (χ4n) is 2.82. The van der Waals surface area contributed by atoms with Crippen molar-refractivity contribution in [3.05, 3.63) is 59.9 Å². The van der Waals surface area contributed by atoms with Crippen LogP contribution in [0.3, 0.4) is 0 Å². The van der Waals surface area contributed by atoms with E-state index in [-0.39, 0.29) is 11.3 Å². The monoisotopic (exact) mass is 539 g/mol. The average Bonchev–Trinajstić information content (AvgIpc) is 2.73. The second kappa shape index (κ2) is 11.0. The molecule has 0 bridgehead atoms. The Kier molecular flexibility index (Phi) is 9.09. The molecule has 2 unspecified atom stereocenters. The first-order valence-corrected chi connectivity index (χ1v) is 11.1. The van der Waals surface area contributed by atoms with Gasteiger partial charge in [-0.3, -0.25) is 4.79 Å². The fourth-order valence-corrected chi connectivity index (χ4v) is 3.59. The number of carbonyl (C=O) groups excluding carboxylic acids is 1. The first kappa shape index (κ1) is 28.0. The summed E-state index contributed by atoms with van der Waals surface area (Å²) < 4.78 is 60.6. The molecule has 0 radical (unpaired) electrons. The topological polar surface area (TPSA) is 59.3 Å². The Bertz CT molecular complexity index is 1040. The number of rotatable bonds is 9. The minimum Gasteiger partial charge on any atom is -0.454 e. The zero-order valence-electron chi connectivity index (χ0n) is 18.0. The van der Waals surface area contributed by atoms with Crippen LogP contribution in [0.15, 0.2) is 48.5 Å². The van der Waals surface area contributed by atoms with E-state index in [4.69, 9.17) is 44.3 Å². The van der Waals surface area contributed by atoms with Crippen molar-refractivity contribution in [1.29, 1.82) is 5.26 Å². The summed E-state index contributed by atoms with van der Waals surface area (Å²) in [7, 11) is 0. The zero-order valence-corrected chi connectivity index (χ0v) is 20.3. The molecule has 0 saturated heterocycles. The molecule has 4 nitrogen and oxygen atoms in total. The van der Waals surface area contributed by atoms with Crippen LogP contribution >= 0.6 is 34.8 Å². The van der Waals surface area contributed by atoms with Crippen LogP contribution in [-0.2, 0) is 9.53 Å². The van der Waals surface area contributed by atoms with Crippen molar-refractivity contribution in [3.8, 4) is 17.6 Å². The number of para-hydroxylation sites is 1. The second-order valence-electron chi connectivity index (χ2n) is 8.14. The van der Waals surface area contributed by atoms with E-state index in [1.807, 2.05) is 0 Å². The number of halogens is 7. The Morgan fingerprint density at radius 1 is 1.12 bits per heavy atom. The lowest BCUT2D eigenvalue weighted by Crippen LogP contribution is -2.40. The molecular weight excluding hydrogens is 521 g/mol. The zero-order chi connectivity index (χ0) is 25.7. The Hall–Kier alpha value is -2.21. The third-order valence-electron chi connectivity index (χ3n) is 4.89. The fraction of sp³-hybridized carbons (Fsp3) is 0.391. The molecule has 2 rings (SSSR count). The minimum atomic E-state index is -4.92. The summed E-state index contributed by atoms with van der Waals surface area (Å²) in [6, 6.07) is 13.7. The number of carbonyl (C=O) groups is 1. The summed E-state index contributed by atoms with van der Waals surface area (Å²) in [5, 5.41) is 8.22. The van der Waals surface area contributed by atoms with Gasteiger partial charge in [0.05, 0.1) is 6.42 Å². The third kappa shape index (κ3) is 7.39. The van der Waals surface area contributed by atoms with Crippen molar-refractivity contribution in [2.45, 2.75) is 48.7 Å². The number of alkyl halides is 6. The van der Waals surface area contributed by atoms with Gasteiger partial charge in [0.25, 0.3) is 0 Å². The summed E-state index contributed by atoms with van der Waals surface area (Å²) in [5.74, 6) is -1.43. The van der Waals surface area contributed by atoms with Gasteiger partial charge in [-0.1, -0.05) is 61.3 Å². The first-order chi connectivity index (χ1) is 15.7. The highest BCUT2D eigenvalue weighted by atomic mass is 35.5. The molecule has 2 atom stereocenters. The molecule has 2 aromatic carbocycles. The average molecular weight is 541 g/mol. The molecule has 0 heterocycles. The van der Waals surface area contributed by atoms with Crippen LogP contribution in [0.1, 0.15) is 38.4 Å². The Balaban J connectivity index is 2.11. The van der Waals surface area contributed by atoms with Crippen molar-refractivity contribution in [2.75, 3.05) is 0 Å². The lowest BCUT2D eigenvalue weighted by atomic mass is 9.83. The summed E-state index contributed by atoms with van der Waals surface area (Å²) in [6.07, 6.45) is -7.66. The summed E-state index contributed by atoms with van der Waals surface area (Å²) in [5.41, 5.74) is -1.08. The lowest BCUT2D eigenvalue weighted by Gasteiger charge is -2.33. The van der Waals surface area contributed by atoms with Crippen molar-refractivity contribution in [2.24, 2.45) is 5.41 Å². The van der Waals surface area contributed by atoms with E-state index >= 15 is 0 Å². The number of hydrogen-bond acceptors (Lipinski definition) is 4. The minimum absolute atomic E-state index is 0.140. The highest BCUT2D eigenvalue weighted by molar-refractivity contribution is 6.49. The molecule has 0 aliphatic carbocycles. The maximum absolute atomic E-state index is 14.2. The Labute approximate surface area is 209 Å². The molecule has 184 valence electrons. The molecule has 0 amide bonds. The number of hydrogen-bond donors (Lipinski definition) is 0. The van der Waals surface area contributed by atoms with Gasteiger partial charge in [0, 0.05) is 17.4 Å². The van der Waals surface area contributed by atoms with Gasteiger partial charge < -0.3 is 9.47 Å². The van der Waals surface area contributed by atoms with E-state index < -0.39 is 52.0 Å². The summed E-state index contributed by atoms with van der Waals surface area (Å²) >= 11 is 16.9. The maximum atomic E-state index is 14.2. The summed E-state index contributed by atoms with van der Waals surface area (Å²) in [4.78, 5) is 12.5. The number of esters is 1. The van der Waals surface area contributed by atoms with Gasteiger partial charge >= 0.3 is 12.1 Å². The van der Waals surface area contributed by atoms with E-state index in [1.165, 1.54) is 26.0 Å². The molecule has 0 aliphatic rings. The van der Waals surface area contributed by atoms with Crippen molar-refractivity contribution in [3.63, 3.8) is 0 Å². The van der Waals surface area contributed by atoms with Gasteiger partial charge in [-0.15, -0.1) is 11.6 Å². The molecule has 2 aromatic rings. The maximum Gasteiger partial charge on any atom is 0.421 e. The molecule has 34 heavy (non-hydrogen) atoms. The predicted molar refractivity (Wildman–Crippen MR) is 121 cm³/mol. The molecule has 11 heteroatoms. The van der Waals surface area contributed by atoms with Gasteiger partial charge in [-0.05, 0) is 29.7 Å². The number of ether oxygens (including phenoxy) is 2. The number of benzene rings is 2. The van der Waals surface area contributed by atoms with Crippen LogP contribution in [0.2, 0.25) is 0 Å². The highest BCUT2D eigenvalue weighted by Gasteiger charge is 2.54. The summed E-state index contributed by atoms with van der Waals surface area (Å²) in [6.45, 7) is 2.88. The van der Waals surface area contributed by atoms with Crippen LogP contribution < -0.4 is 4.74 Å². The largest absolute Gasteiger partial charge is 0.454 e. The van der Waals surface area contributed by atoms with Crippen LogP contribution in [-0.4, -0.2) is 21.9 Å². The van der Waals surface area contributed by atoms with Crippen LogP contribution in [0.5, 0.6) is 11.5 Å². The Morgan fingerprint density at radius 3 is 2.29 bits per heavy atom. The van der Waals surface area contributed by atoms with E-state index in [2.05, 4.69) is 0 Å².